The van der Waals surface area contributed by atoms with E-state index in [4.69, 9.17) is 0 Å². The van der Waals surface area contributed by atoms with Crippen molar-refractivity contribution in [2.45, 2.75) is 31.1 Å². The summed E-state index contributed by atoms with van der Waals surface area (Å²) in [6.45, 7) is 2.56. The zero-order valence-corrected chi connectivity index (χ0v) is 12.8. The highest BCUT2D eigenvalue weighted by molar-refractivity contribution is 7.88. The van der Waals surface area contributed by atoms with Gasteiger partial charge in [-0.25, -0.2) is 17.5 Å². The van der Waals surface area contributed by atoms with E-state index in [0.29, 0.717) is 18.0 Å². The Bertz CT molecular complexity index is 601. The van der Waals surface area contributed by atoms with Gasteiger partial charge in [-0.1, -0.05) is 12.1 Å². The summed E-state index contributed by atoms with van der Waals surface area (Å²) in [5.74, 6) is -0.171. The third kappa shape index (κ3) is 4.25. The van der Waals surface area contributed by atoms with E-state index in [0.717, 1.165) is 25.6 Å². The fourth-order valence-electron chi connectivity index (χ4n) is 2.94. The molecule has 1 N–H and O–H groups in total. The molecule has 1 aromatic carbocycles. The molecular formula is C15H21FN2O2S. The van der Waals surface area contributed by atoms with Crippen molar-refractivity contribution in [2.75, 3.05) is 19.6 Å². The van der Waals surface area contributed by atoms with Crippen LogP contribution < -0.4 is 4.72 Å². The second-order valence-electron chi connectivity index (χ2n) is 6.12. The molecule has 1 saturated carbocycles. The Morgan fingerprint density at radius 3 is 2.81 bits per heavy atom. The van der Waals surface area contributed by atoms with E-state index in [9.17, 15) is 12.8 Å². The Kier molecular flexibility index (Phi) is 4.28. The van der Waals surface area contributed by atoms with Crippen LogP contribution in [-0.4, -0.2) is 39.0 Å². The normalized spacial score (nSPS) is 23.6. The summed E-state index contributed by atoms with van der Waals surface area (Å²) in [4.78, 5) is 2.46. The van der Waals surface area contributed by atoms with Gasteiger partial charge in [0.1, 0.15) is 5.82 Å². The number of nitrogens with one attached hydrogen (secondary N) is 1. The average molecular weight is 312 g/mol. The van der Waals surface area contributed by atoms with Crippen molar-refractivity contribution >= 4 is 10.0 Å². The number of likely N-dealkylation sites (tertiary alicyclic amines) is 1. The van der Waals surface area contributed by atoms with Crippen LogP contribution in [0.15, 0.2) is 24.3 Å². The van der Waals surface area contributed by atoms with E-state index in [-0.39, 0.29) is 5.75 Å². The van der Waals surface area contributed by atoms with Crippen LogP contribution in [0.5, 0.6) is 0 Å². The second kappa shape index (κ2) is 6.02. The maximum absolute atomic E-state index is 13.1. The van der Waals surface area contributed by atoms with Gasteiger partial charge in [-0.15, -0.1) is 0 Å². The molecule has 2 aliphatic rings. The standard InChI is InChI=1S/C15H21FN2O2S/c16-14-3-1-2-12(8-14)11-21(19,20)17-9-13-6-7-18(10-13)15-4-5-15/h1-3,8,13,15,17H,4-7,9-11H2. The van der Waals surface area contributed by atoms with E-state index >= 15 is 0 Å². The van der Waals surface area contributed by atoms with Crippen LogP contribution in [0.2, 0.25) is 0 Å². The van der Waals surface area contributed by atoms with Gasteiger partial charge in [-0.05, 0) is 49.4 Å². The molecule has 1 atom stereocenters. The largest absolute Gasteiger partial charge is 0.300 e. The lowest BCUT2D eigenvalue weighted by molar-refractivity contribution is 0.314. The van der Waals surface area contributed by atoms with Crippen LogP contribution in [0.1, 0.15) is 24.8 Å². The minimum absolute atomic E-state index is 0.163. The first-order chi connectivity index (χ1) is 10.0. The summed E-state index contributed by atoms with van der Waals surface area (Å²) in [6.07, 6.45) is 3.63. The molecule has 1 aliphatic carbocycles. The SMILES string of the molecule is O=S(=O)(Cc1cccc(F)c1)NCC1CCN(C2CC2)C1. The van der Waals surface area contributed by atoms with E-state index in [1.807, 2.05) is 0 Å². The number of rotatable bonds is 6. The number of nitrogens with zero attached hydrogens (tertiary/aromatic N) is 1. The van der Waals surface area contributed by atoms with Crippen LogP contribution in [0.25, 0.3) is 0 Å². The fourth-order valence-corrected chi connectivity index (χ4v) is 4.15. The highest BCUT2D eigenvalue weighted by Gasteiger charge is 2.34. The first-order valence-electron chi connectivity index (χ1n) is 7.48. The summed E-state index contributed by atoms with van der Waals surface area (Å²) in [5.41, 5.74) is 0.480. The van der Waals surface area contributed by atoms with Crippen molar-refractivity contribution in [3.8, 4) is 0 Å². The summed E-state index contributed by atoms with van der Waals surface area (Å²) >= 11 is 0. The minimum atomic E-state index is -3.40. The van der Waals surface area contributed by atoms with E-state index in [1.165, 1.54) is 31.0 Å². The number of halogens is 1. The molecule has 0 bridgehead atoms. The highest BCUT2D eigenvalue weighted by Crippen LogP contribution is 2.31. The molecule has 0 spiro atoms. The van der Waals surface area contributed by atoms with Gasteiger partial charge in [-0.3, -0.25) is 0 Å². The Balaban J connectivity index is 1.49. The molecule has 2 fully saturated rings. The summed E-state index contributed by atoms with van der Waals surface area (Å²) in [7, 11) is -3.40. The van der Waals surface area contributed by atoms with Gasteiger partial charge in [0.2, 0.25) is 10.0 Å². The van der Waals surface area contributed by atoms with Crippen LogP contribution in [-0.2, 0) is 15.8 Å². The Morgan fingerprint density at radius 2 is 2.10 bits per heavy atom. The number of sulfonamides is 1. The Morgan fingerprint density at radius 1 is 1.29 bits per heavy atom. The molecule has 21 heavy (non-hydrogen) atoms. The van der Waals surface area contributed by atoms with Gasteiger partial charge >= 0.3 is 0 Å². The van der Waals surface area contributed by atoms with Gasteiger partial charge in [0.15, 0.2) is 0 Å². The second-order valence-corrected chi connectivity index (χ2v) is 7.93. The molecule has 1 heterocycles. The topological polar surface area (TPSA) is 49.4 Å². The molecule has 0 radical (unpaired) electrons. The molecule has 1 unspecified atom stereocenters. The van der Waals surface area contributed by atoms with Crippen molar-refractivity contribution in [1.29, 1.82) is 0 Å². The monoisotopic (exact) mass is 312 g/mol. The van der Waals surface area contributed by atoms with E-state index < -0.39 is 15.8 Å². The Labute approximate surface area is 125 Å². The molecule has 4 nitrogen and oxygen atoms in total. The lowest BCUT2D eigenvalue weighted by Gasteiger charge is -2.15. The molecule has 6 heteroatoms. The first kappa shape index (κ1) is 14.9. The fraction of sp³-hybridized carbons (Fsp3) is 0.600. The number of hydrogen-bond donors (Lipinski definition) is 1. The maximum Gasteiger partial charge on any atom is 0.215 e. The number of hydrogen-bond acceptors (Lipinski definition) is 3. The quantitative estimate of drug-likeness (QED) is 0.870. The first-order valence-corrected chi connectivity index (χ1v) is 9.13. The van der Waals surface area contributed by atoms with Gasteiger partial charge in [0, 0.05) is 19.1 Å². The lowest BCUT2D eigenvalue weighted by atomic mass is 10.1. The van der Waals surface area contributed by atoms with E-state index in [2.05, 4.69) is 9.62 Å². The molecule has 0 amide bonds. The molecule has 1 aliphatic heterocycles. The molecule has 0 aromatic heterocycles. The van der Waals surface area contributed by atoms with Crippen molar-refractivity contribution in [1.82, 2.24) is 9.62 Å². The van der Waals surface area contributed by atoms with Crippen molar-refractivity contribution in [2.24, 2.45) is 5.92 Å². The van der Waals surface area contributed by atoms with Crippen LogP contribution in [0, 0.1) is 11.7 Å². The van der Waals surface area contributed by atoms with Crippen molar-refractivity contribution in [3.63, 3.8) is 0 Å². The van der Waals surface area contributed by atoms with Gasteiger partial charge < -0.3 is 4.90 Å². The lowest BCUT2D eigenvalue weighted by Crippen LogP contribution is -2.32. The van der Waals surface area contributed by atoms with E-state index in [1.54, 1.807) is 6.07 Å². The Hall–Kier alpha value is -0.980. The molecule has 1 aromatic rings. The summed E-state index contributed by atoms with van der Waals surface area (Å²) in [5, 5.41) is 0. The molecule has 1 saturated heterocycles. The average Bonchev–Trinajstić information content (AvgIpc) is 3.15. The zero-order chi connectivity index (χ0) is 14.9. The van der Waals surface area contributed by atoms with Crippen LogP contribution in [0.3, 0.4) is 0 Å². The van der Waals surface area contributed by atoms with Gasteiger partial charge in [0.05, 0.1) is 5.75 Å². The maximum atomic E-state index is 13.1. The number of benzene rings is 1. The van der Waals surface area contributed by atoms with Crippen molar-refractivity contribution in [3.05, 3.63) is 35.6 Å². The van der Waals surface area contributed by atoms with Crippen LogP contribution >= 0.6 is 0 Å². The summed E-state index contributed by atoms with van der Waals surface area (Å²) in [6, 6.07) is 6.49. The molecule has 116 valence electrons. The third-order valence-corrected chi connectivity index (χ3v) is 5.54. The highest BCUT2D eigenvalue weighted by atomic mass is 32.2. The minimum Gasteiger partial charge on any atom is -0.300 e. The third-order valence-electron chi connectivity index (χ3n) is 4.22. The predicted octanol–water partition coefficient (Wildman–Crippen LogP) is 1.73. The zero-order valence-electron chi connectivity index (χ0n) is 12.0. The van der Waals surface area contributed by atoms with Gasteiger partial charge in [-0.2, -0.15) is 0 Å². The van der Waals surface area contributed by atoms with Gasteiger partial charge in [0.25, 0.3) is 0 Å². The predicted molar refractivity (Wildman–Crippen MR) is 79.7 cm³/mol. The smallest absolute Gasteiger partial charge is 0.215 e. The van der Waals surface area contributed by atoms with Crippen molar-refractivity contribution < 1.29 is 12.8 Å². The van der Waals surface area contributed by atoms with Crippen LogP contribution in [0.4, 0.5) is 4.39 Å². The summed E-state index contributed by atoms with van der Waals surface area (Å²) < 4.78 is 39.8. The molecule has 3 rings (SSSR count). The molecular weight excluding hydrogens is 291 g/mol.